The Bertz CT molecular complexity index is 867. The van der Waals surface area contributed by atoms with Gasteiger partial charge in [0.25, 0.3) is 5.56 Å². The van der Waals surface area contributed by atoms with E-state index in [4.69, 9.17) is 0 Å². The predicted molar refractivity (Wildman–Crippen MR) is 99.5 cm³/mol. The van der Waals surface area contributed by atoms with Gasteiger partial charge in [-0.3, -0.25) is 9.59 Å². The number of aryl methyl sites for hydroxylation is 1. The average molecular weight is 415 g/mol. The Morgan fingerprint density at radius 3 is 2.54 bits per heavy atom. The number of alkyl halides is 3. The van der Waals surface area contributed by atoms with Crippen molar-refractivity contribution in [2.45, 2.75) is 37.6 Å². The molecule has 0 fully saturated rings. The highest BCUT2D eigenvalue weighted by Crippen LogP contribution is 2.18. The first kappa shape index (κ1) is 21.8. The molecule has 10 heteroatoms. The first-order valence-electron chi connectivity index (χ1n) is 8.37. The Kier molecular flexibility index (Phi) is 7.50. The number of hydrogen-bond acceptors (Lipinski definition) is 5. The molecule has 0 atom stereocenters. The van der Waals surface area contributed by atoms with E-state index in [2.05, 4.69) is 20.0 Å². The van der Waals surface area contributed by atoms with Gasteiger partial charge in [0, 0.05) is 24.2 Å². The van der Waals surface area contributed by atoms with Gasteiger partial charge in [-0.25, -0.2) is 4.98 Å². The van der Waals surface area contributed by atoms with Crippen LogP contribution in [0.15, 0.2) is 34.2 Å². The number of aromatic amines is 1. The topological polar surface area (TPSA) is 84.1 Å². The van der Waals surface area contributed by atoms with E-state index in [0.717, 1.165) is 0 Å². The SMILES string of the molecule is CSc1nc(C)c(CCC(=O)NCc2ccc(OCC(F)(F)F)cc2)c(=O)[nH]1. The summed E-state index contributed by atoms with van der Waals surface area (Å²) in [5.74, 6) is -0.145. The zero-order chi connectivity index (χ0) is 20.7. The number of amides is 1. The normalized spacial score (nSPS) is 11.3. The first-order chi connectivity index (χ1) is 13.2. The molecule has 0 aliphatic heterocycles. The number of ether oxygens (including phenoxy) is 1. The van der Waals surface area contributed by atoms with Gasteiger partial charge in [0.15, 0.2) is 11.8 Å². The van der Waals surface area contributed by atoms with Gasteiger partial charge in [-0.2, -0.15) is 13.2 Å². The Balaban J connectivity index is 1.82. The fourth-order valence-corrected chi connectivity index (χ4v) is 2.79. The minimum absolute atomic E-state index is 0.100. The Hall–Kier alpha value is -2.49. The van der Waals surface area contributed by atoms with Crippen molar-refractivity contribution in [1.29, 1.82) is 0 Å². The Morgan fingerprint density at radius 2 is 1.96 bits per heavy atom. The Morgan fingerprint density at radius 1 is 1.29 bits per heavy atom. The standard InChI is InChI=1S/C18H20F3N3O3S/c1-11-14(16(26)24-17(23-11)28-2)7-8-15(25)22-9-12-3-5-13(6-4-12)27-10-18(19,20)21/h3-6H,7-10H2,1-2H3,(H,22,25)(H,23,24,26). The molecule has 28 heavy (non-hydrogen) atoms. The monoisotopic (exact) mass is 415 g/mol. The van der Waals surface area contributed by atoms with Gasteiger partial charge in [0.1, 0.15) is 5.75 Å². The van der Waals surface area contributed by atoms with Gasteiger partial charge in [0.2, 0.25) is 5.91 Å². The molecule has 0 aliphatic rings. The third-order valence-electron chi connectivity index (χ3n) is 3.81. The van der Waals surface area contributed by atoms with Crippen molar-refractivity contribution in [2.24, 2.45) is 0 Å². The number of rotatable bonds is 8. The second-order valence-corrected chi connectivity index (χ2v) is 6.76. The van der Waals surface area contributed by atoms with Crippen molar-refractivity contribution >= 4 is 17.7 Å². The molecule has 1 aromatic heterocycles. The van der Waals surface area contributed by atoms with Crippen LogP contribution in [0.2, 0.25) is 0 Å². The van der Waals surface area contributed by atoms with Gasteiger partial charge in [-0.05, 0) is 37.3 Å². The fourth-order valence-electron chi connectivity index (χ4n) is 2.37. The van der Waals surface area contributed by atoms with Crippen LogP contribution in [0.1, 0.15) is 23.2 Å². The molecule has 1 amide bonds. The Labute approximate surface area is 163 Å². The molecular formula is C18H20F3N3O3S. The third kappa shape index (κ3) is 6.91. The minimum atomic E-state index is -4.39. The smallest absolute Gasteiger partial charge is 0.422 e. The maximum absolute atomic E-state index is 12.1. The number of nitrogens with zero attached hydrogens (tertiary/aromatic N) is 1. The quantitative estimate of drug-likeness (QED) is 0.512. The highest BCUT2D eigenvalue weighted by atomic mass is 32.2. The number of benzene rings is 1. The number of H-pyrrole nitrogens is 1. The fraction of sp³-hybridized carbons (Fsp3) is 0.389. The van der Waals surface area contributed by atoms with Crippen LogP contribution >= 0.6 is 11.8 Å². The second kappa shape index (κ2) is 9.63. The van der Waals surface area contributed by atoms with Crippen molar-refractivity contribution in [1.82, 2.24) is 15.3 Å². The number of thioether (sulfide) groups is 1. The lowest BCUT2D eigenvalue weighted by Gasteiger charge is -2.10. The number of aromatic nitrogens is 2. The van der Waals surface area contributed by atoms with E-state index in [1.165, 1.54) is 23.9 Å². The summed E-state index contributed by atoms with van der Waals surface area (Å²) in [5, 5.41) is 3.24. The zero-order valence-electron chi connectivity index (χ0n) is 15.4. The first-order valence-corrected chi connectivity index (χ1v) is 9.59. The number of carbonyl (C=O) groups is 1. The lowest BCUT2D eigenvalue weighted by molar-refractivity contribution is -0.153. The van der Waals surface area contributed by atoms with Crippen molar-refractivity contribution in [3.05, 3.63) is 51.4 Å². The lowest BCUT2D eigenvalue weighted by atomic mass is 10.1. The lowest BCUT2D eigenvalue weighted by Crippen LogP contribution is -2.25. The molecule has 0 saturated carbocycles. The number of carbonyl (C=O) groups excluding carboxylic acids is 1. The maximum Gasteiger partial charge on any atom is 0.422 e. The van der Waals surface area contributed by atoms with E-state index < -0.39 is 12.8 Å². The van der Waals surface area contributed by atoms with E-state index in [1.54, 1.807) is 25.3 Å². The van der Waals surface area contributed by atoms with Crippen LogP contribution in [0, 0.1) is 6.92 Å². The van der Waals surface area contributed by atoms with Crippen LogP contribution in [-0.2, 0) is 17.8 Å². The number of hydrogen-bond donors (Lipinski definition) is 2. The molecule has 152 valence electrons. The van der Waals surface area contributed by atoms with Gasteiger partial charge >= 0.3 is 6.18 Å². The van der Waals surface area contributed by atoms with Crippen LogP contribution in [0.4, 0.5) is 13.2 Å². The van der Waals surface area contributed by atoms with E-state index >= 15 is 0 Å². The summed E-state index contributed by atoms with van der Waals surface area (Å²) in [6.07, 6.45) is -2.20. The molecule has 2 rings (SSSR count). The highest BCUT2D eigenvalue weighted by molar-refractivity contribution is 7.98. The summed E-state index contributed by atoms with van der Waals surface area (Å²) in [4.78, 5) is 31.0. The van der Waals surface area contributed by atoms with Gasteiger partial charge < -0.3 is 15.0 Å². The van der Waals surface area contributed by atoms with Gasteiger partial charge in [-0.15, -0.1) is 0 Å². The molecule has 0 unspecified atom stereocenters. The van der Waals surface area contributed by atoms with Crippen LogP contribution in [0.5, 0.6) is 5.75 Å². The molecule has 2 aromatic rings. The molecule has 0 aliphatic carbocycles. The summed E-state index contributed by atoms with van der Waals surface area (Å²) in [5.41, 5.74) is 1.53. The van der Waals surface area contributed by atoms with Gasteiger partial charge in [0.05, 0.1) is 0 Å². The molecule has 6 nitrogen and oxygen atoms in total. The predicted octanol–water partition coefficient (Wildman–Crippen LogP) is 2.99. The van der Waals surface area contributed by atoms with Crippen LogP contribution in [0.3, 0.4) is 0 Å². The molecule has 1 aromatic carbocycles. The van der Waals surface area contributed by atoms with Crippen LogP contribution < -0.4 is 15.6 Å². The van der Waals surface area contributed by atoms with E-state index in [-0.39, 0.29) is 36.6 Å². The maximum atomic E-state index is 12.1. The van der Waals surface area contributed by atoms with Crippen molar-refractivity contribution in [3.8, 4) is 5.75 Å². The van der Waals surface area contributed by atoms with E-state index in [9.17, 15) is 22.8 Å². The molecule has 0 bridgehead atoms. The van der Waals surface area contributed by atoms with Crippen LogP contribution in [-0.4, -0.2) is 34.9 Å². The minimum Gasteiger partial charge on any atom is -0.484 e. The summed E-state index contributed by atoms with van der Waals surface area (Å²) in [6.45, 7) is 0.594. The van der Waals surface area contributed by atoms with E-state index in [1.807, 2.05) is 0 Å². The van der Waals surface area contributed by atoms with Crippen molar-refractivity contribution in [2.75, 3.05) is 12.9 Å². The van der Waals surface area contributed by atoms with Gasteiger partial charge in [-0.1, -0.05) is 23.9 Å². The summed E-state index contributed by atoms with van der Waals surface area (Å²) >= 11 is 1.33. The molecule has 1 heterocycles. The largest absolute Gasteiger partial charge is 0.484 e. The number of nitrogens with one attached hydrogen (secondary N) is 2. The summed E-state index contributed by atoms with van der Waals surface area (Å²) in [7, 11) is 0. The van der Waals surface area contributed by atoms with Crippen molar-refractivity contribution < 1.29 is 22.7 Å². The summed E-state index contributed by atoms with van der Waals surface area (Å²) < 4.78 is 41.0. The van der Waals surface area contributed by atoms with Crippen molar-refractivity contribution in [3.63, 3.8) is 0 Å². The van der Waals surface area contributed by atoms with E-state index in [0.29, 0.717) is 22.0 Å². The third-order valence-corrected chi connectivity index (χ3v) is 4.39. The average Bonchev–Trinajstić information content (AvgIpc) is 2.64. The summed E-state index contributed by atoms with van der Waals surface area (Å²) in [6, 6.07) is 5.97. The molecular weight excluding hydrogens is 395 g/mol. The zero-order valence-corrected chi connectivity index (χ0v) is 16.2. The highest BCUT2D eigenvalue weighted by Gasteiger charge is 2.28. The molecule has 0 spiro atoms. The molecule has 0 radical (unpaired) electrons. The molecule has 0 saturated heterocycles. The molecule has 2 N–H and O–H groups in total. The van der Waals surface area contributed by atoms with Crippen LogP contribution in [0.25, 0.3) is 0 Å². The number of halogens is 3. The second-order valence-electron chi connectivity index (χ2n) is 5.96.